The largest absolute Gasteiger partial charge is 0.384 e. The highest BCUT2D eigenvalue weighted by Gasteiger charge is 2.15. The van der Waals surface area contributed by atoms with Crippen molar-refractivity contribution >= 4 is 16.7 Å². The molecule has 2 aromatic heterocycles. The Labute approximate surface area is 123 Å². The highest BCUT2D eigenvalue weighted by Crippen LogP contribution is 2.30. The van der Waals surface area contributed by atoms with Crippen LogP contribution in [-0.4, -0.2) is 21.1 Å². The summed E-state index contributed by atoms with van der Waals surface area (Å²) in [6, 6.07) is 8.68. The van der Waals surface area contributed by atoms with Gasteiger partial charge in [0.2, 0.25) is 0 Å². The molecule has 0 bridgehead atoms. The fraction of sp³-hybridized carbons (Fsp3) is 0.294. The number of hydrogen-bond donors (Lipinski definition) is 1. The number of rotatable bonds is 3. The van der Waals surface area contributed by atoms with Crippen molar-refractivity contribution in [1.82, 2.24) is 14.5 Å². The highest BCUT2D eigenvalue weighted by atomic mass is 15.1. The minimum absolute atomic E-state index is 0.967. The average Bonchev–Trinajstić information content (AvgIpc) is 3.11. The molecule has 1 aromatic carbocycles. The molecular weight excluding hydrogens is 260 g/mol. The van der Waals surface area contributed by atoms with Crippen LogP contribution in [0, 0.1) is 0 Å². The monoisotopic (exact) mass is 278 g/mol. The molecule has 1 aliphatic rings. The second-order valence-corrected chi connectivity index (χ2v) is 5.50. The van der Waals surface area contributed by atoms with Crippen LogP contribution in [0.1, 0.15) is 18.9 Å². The Morgan fingerprint density at radius 2 is 2.24 bits per heavy atom. The van der Waals surface area contributed by atoms with E-state index < -0.39 is 0 Å². The maximum atomic E-state index is 4.80. The molecule has 4 nitrogen and oxygen atoms in total. The Morgan fingerprint density at radius 3 is 3.14 bits per heavy atom. The molecule has 3 aromatic rings. The molecule has 0 fully saturated rings. The number of fused-ring (bicyclic) bond motifs is 2. The van der Waals surface area contributed by atoms with Crippen molar-refractivity contribution in [2.24, 2.45) is 0 Å². The minimum Gasteiger partial charge on any atom is -0.384 e. The molecule has 4 heteroatoms. The maximum absolute atomic E-state index is 4.80. The van der Waals surface area contributed by atoms with Crippen LogP contribution in [0.5, 0.6) is 0 Å². The third-order valence-corrected chi connectivity index (χ3v) is 4.08. The smallest absolute Gasteiger partial charge is 0.141 e. The number of hydrogen-bond acceptors (Lipinski definition) is 3. The number of aromatic nitrogens is 3. The van der Waals surface area contributed by atoms with Crippen LogP contribution in [0.25, 0.3) is 22.4 Å². The fourth-order valence-electron chi connectivity index (χ4n) is 3.08. The summed E-state index contributed by atoms with van der Waals surface area (Å²) in [7, 11) is 0. The van der Waals surface area contributed by atoms with Gasteiger partial charge >= 0.3 is 0 Å². The van der Waals surface area contributed by atoms with Gasteiger partial charge in [-0.25, -0.2) is 4.98 Å². The first kappa shape index (κ1) is 12.4. The number of pyridine rings is 1. The molecule has 0 saturated heterocycles. The van der Waals surface area contributed by atoms with Gasteiger partial charge in [0.05, 0.1) is 11.7 Å². The number of anilines is 1. The van der Waals surface area contributed by atoms with Gasteiger partial charge in [-0.1, -0.05) is 19.1 Å². The van der Waals surface area contributed by atoms with E-state index in [4.69, 9.17) is 4.98 Å². The van der Waals surface area contributed by atoms with Crippen molar-refractivity contribution in [3.05, 3.63) is 42.2 Å². The Morgan fingerprint density at radius 1 is 1.29 bits per heavy atom. The predicted molar refractivity (Wildman–Crippen MR) is 85.4 cm³/mol. The van der Waals surface area contributed by atoms with E-state index in [0.29, 0.717) is 0 Å². The van der Waals surface area contributed by atoms with E-state index in [9.17, 15) is 0 Å². The van der Waals surface area contributed by atoms with E-state index in [0.717, 1.165) is 42.8 Å². The zero-order valence-corrected chi connectivity index (χ0v) is 12.1. The molecule has 3 heterocycles. The summed E-state index contributed by atoms with van der Waals surface area (Å²) in [5.74, 6) is 1.04. The number of nitrogens with one attached hydrogen (secondary N) is 1. The van der Waals surface area contributed by atoms with Crippen molar-refractivity contribution in [3.8, 4) is 11.4 Å². The molecule has 4 rings (SSSR count). The van der Waals surface area contributed by atoms with Gasteiger partial charge in [-0.15, -0.1) is 0 Å². The van der Waals surface area contributed by atoms with Crippen LogP contribution in [0.15, 0.2) is 36.7 Å². The van der Waals surface area contributed by atoms with Gasteiger partial charge in [0.1, 0.15) is 11.3 Å². The van der Waals surface area contributed by atoms with E-state index in [1.807, 2.05) is 18.5 Å². The SMILES string of the molecule is CCCn1c(-c2ccc3c(c2)NCC3)nc2cnccc21. The summed E-state index contributed by atoms with van der Waals surface area (Å²) in [6.07, 6.45) is 5.88. The fourth-order valence-corrected chi connectivity index (χ4v) is 3.08. The van der Waals surface area contributed by atoms with Gasteiger partial charge in [-0.05, 0) is 30.5 Å². The molecule has 0 saturated carbocycles. The predicted octanol–water partition coefficient (Wildman–Crippen LogP) is 3.48. The lowest BCUT2D eigenvalue weighted by Gasteiger charge is -2.09. The molecule has 0 radical (unpaired) electrons. The first-order chi connectivity index (χ1) is 10.4. The quantitative estimate of drug-likeness (QED) is 0.797. The molecule has 1 N–H and O–H groups in total. The Kier molecular flexibility index (Phi) is 2.88. The van der Waals surface area contributed by atoms with Crippen LogP contribution in [0.4, 0.5) is 5.69 Å². The molecule has 21 heavy (non-hydrogen) atoms. The molecule has 0 amide bonds. The van der Waals surface area contributed by atoms with Crippen molar-refractivity contribution in [2.75, 3.05) is 11.9 Å². The van der Waals surface area contributed by atoms with Gasteiger partial charge in [-0.3, -0.25) is 4.98 Å². The van der Waals surface area contributed by atoms with E-state index in [1.54, 1.807) is 0 Å². The first-order valence-electron chi connectivity index (χ1n) is 7.54. The van der Waals surface area contributed by atoms with Crippen LogP contribution < -0.4 is 5.32 Å². The van der Waals surface area contributed by atoms with Crippen molar-refractivity contribution < 1.29 is 0 Å². The van der Waals surface area contributed by atoms with E-state index in [-0.39, 0.29) is 0 Å². The second-order valence-electron chi connectivity index (χ2n) is 5.50. The number of aryl methyl sites for hydroxylation is 1. The van der Waals surface area contributed by atoms with E-state index in [2.05, 4.69) is 40.0 Å². The number of benzene rings is 1. The first-order valence-corrected chi connectivity index (χ1v) is 7.54. The highest BCUT2D eigenvalue weighted by molar-refractivity contribution is 5.80. The lowest BCUT2D eigenvalue weighted by atomic mass is 10.1. The number of imidazole rings is 1. The van der Waals surface area contributed by atoms with Crippen LogP contribution >= 0.6 is 0 Å². The average molecular weight is 278 g/mol. The molecular formula is C17H18N4. The topological polar surface area (TPSA) is 42.7 Å². The second kappa shape index (κ2) is 4.88. The van der Waals surface area contributed by atoms with Crippen molar-refractivity contribution in [1.29, 1.82) is 0 Å². The summed E-state index contributed by atoms with van der Waals surface area (Å²) in [4.78, 5) is 8.99. The van der Waals surface area contributed by atoms with E-state index >= 15 is 0 Å². The van der Waals surface area contributed by atoms with Gasteiger partial charge in [0.15, 0.2) is 0 Å². The summed E-state index contributed by atoms with van der Waals surface area (Å²) in [5, 5.41) is 3.45. The zero-order chi connectivity index (χ0) is 14.2. The molecule has 0 atom stereocenters. The summed E-state index contributed by atoms with van der Waals surface area (Å²) in [5.41, 5.74) is 5.96. The Bertz CT molecular complexity index is 804. The molecule has 0 spiro atoms. The van der Waals surface area contributed by atoms with Crippen LogP contribution in [0.3, 0.4) is 0 Å². The summed E-state index contributed by atoms with van der Waals surface area (Å²) >= 11 is 0. The standard InChI is InChI=1S/C17H18N4/c1-2-9-21-16-6-7-18-11-15(16)20-17(21)13-4-3-12-5-8-19-14(12)10-13/h3-4,6-7,10-11,19H,2,5,8-9H2,1H3. The van der Waals surface area contributed by atoms with Crippen molar-refractivity contribution in [2.45, 2.75) is 26.3 Å². The van der Waals surface area contributed by atoms with Gasteiger partial charge in [0, 0.05) is 30.5 Å². The molecule has 1 aliphatic heterocycles. The van der Waals surface area contributed by atoms with Crippen LogP contribution in [0.2, 0.25) is 0 Å². The normalized spacial score (nSPS) is 13.4. The van der Waals surface area contributed by atoms with Gasteiger partial charge in [0.25, 0.3) is 0 Å². The lowest BCUT2D eigenvalue weighted by molar-refractivity contribution is 0.704. The number of nitrogens with zero attached hydrogens (tertiary/aromatic N) is 3. The maximum Gasteiger partial charge on any atom is 0.141 e. The molecule has 0 aliphatic carbocycles. The van der Waals surface area contributed by atoms with Gasteiger partial charge < -0.3 is 9.88 Å². The molecule has 106 valence electrons. The summed E-state index contributed by atoms with van der Waals surface area (Å²) in [6.45, 7) is 4.20. The van der Waals surface area contributed by atoms with Crippen LogP contribution in [-0.2, 0) is 13.0 Å². The van der Waals surface area contributed by atoms with Crippen molar-refractivity contribution in [3.63, 3.8) is 0 Å². The Hall–Kier alpha value is -2.36. The lowest BCUT2D eigenvalue weighted by Crippen LogP contribution is -2.00. The molecule has 0 unspecified atom stereocenters. The van der Waals surface area contributed by atoms with E-state index in [1.165, 1.54) is 16.8 Å². The van der Waals surface area contributed by atoms with Gasteiger partial charge in [-0.2, -0.15) is 0 Å². The third kappa shape index (κ3) is 1.98. The summed E-state index contributed by atoms with van der Waals surface area (Å²) < 4.78 is 2.30. The zero-order valence-electron chi connectivity index (χ0n) is 12.1. The third-order valence-electron chi connectivity index (χ3n) is 4.08. The Balaban J connectivity index is 1.91. The minimum atomic E-state index is 0.967.